The van der Waals surface area contributed by atoms with Gasteiger partial charge in [0.25, 0.3) is 10.1 Å². The highest BCUT2D eigenvalue weighted by Gasteiger charge is 2.37. The minimum atomic E-state index is -4.28. The van der Waals surface area contributed by atoms with E-state index in [2.05, 4.69) is 93.5 Å². The average Bonchev–Trinajstić information content (AvgIpc) is 2.57. The van der Waals surface area contributed by atoms with Gasteiger partial charge in [-0.3, -0.25) is 4.55 Å². The van der Waals surface area contributed by atoms with Crippen molar-refractivity contribution < 1.29 is 13.0 Å². The SMILES string of the molecule is CC(C)c1cc(S(=O)(=O)O)cc(C(C)C)c1-c1ccccc1P(C(C)(C)C)C(C)(C)C. The normalized spacial score (nSPS) is 13.5. The number of hydrogen-bond donors (Lipinski definition) is 1. The first-order valence-corrected chi connectivity index (χ1v) is 13.8. The van der Waals surface area contributed by atoms with Gasteiger partial charge < -0.3 is 0 Å². The number of hydrogen-bond acceptors (Lipinski definition) is 2. The Labute approximate surface area is 191 Å². The quantitative estimate of drug-likeness (QED) is 0.369. The van der Waals surface area contributed by atoms with Gasteiger partial charge in [-0.2, -0.15) is 8.42 Å². The van der Waals surface area contributed by atoms with Gasteiger partial charge in [0.1, 0.15) is 0 Å². The van der Waals surface area contributed by atoms with Crippen LogP contribution in [0, 0.1) is 0 Å². The molecule has 0 spiro atoms. The van der Waals surface area contributed by atoms with E-state index in [1.807, 2.05) is 0 Å². The van der Waals surface area contributed by atoms with Crippen LogP contribution in [0.4, 0.5) is 0 Å². The molecule has 172 valence electrons. The molecule has 0 aliphatic rings. The maximum absolute atomic E-state index is 12.0. The summed E-state index contributed by atoms with van der Waals surface area (Å²) in [6, 6.07) is 11.9. The molecule has 0 saturated carbocycles. The topological polar surface area (TPSA) is 54.4 Å². The van der Waals surface area contributed by atoms with E-state index in [0.717, 1.165) is 16.7 Å². The molecular weight excluding hydrogens is 423 g/mol. The molecule has 5 heteroatoms. The minimum absolute atomic E-state index is 0.0185. The van der Waals surface area contributed by atoms with Gasteiger partial charge in [0.15, 0.2) is 0 Å². The first-order valence-electron chi connectivity index (χ1n) is 11.0. The van der Waals surface area contributed by atoms with Crippen molar-refractivity contribution >= 4 is 23.3 Å². The predicted molar refractivity (Wildman–Crippen MR) is 136 cm³/mol. The summed E-state index contributed by atoms with van der Waals surface area (Å²) in [6.07, 6.45) is 0. The Balaban J connectivity index is 3.02. The van der Waals surface area contributed by atoms with Crippen LogP contribution in [-0.4, -0.2) is 23.3 Å². The lowest BCUT2D eigenvalue weighted by Gasteiger charge is -2.43. The van der Waals surface area contributed by atoms with Crippen molar-refractivity contribution in [2.24, 2.45) is 0 Å². The van der Waals surface area contributed by atoms with Gasteiger partial charge in [-0.15, -0.1) is 0 Å². The summed E-state index contributed by atoms with van der Waals surface area (Å²) in [6.45, 7) is 22.2. The van der Waals surface area contributed by atoms with E-state index in [1.54, 1.807) is 12.1 Å². The number of rotatable bonds is 5. The Morgan fingerprint density at radius 3 is 1.58 bits per heavy atom. The Hall–Kier alpha value is -1.22. The highest BCUT2D eigenvalue weighted by atomic mass is 32.2. The smallest absolute Gasteiger partial charge is 0.282 e. The van der Waals surface area contributed by atoms with Gasteiger partial charge in [-0.25, -0.2) is 0 Å². The van der Waals surface area contributed by atoms with Crippen molar-refractivity contribution in [1.82, 2.24) is 0 Å². The lowest BCUT2D eigenvalue weighted by atomic mass is 9.85. The van der Waals surface area contributed by atoms with Crippen LogP contribution in [-0.2, 0) is 10.1 Å². The van der Waals surface area contributed by atoms with Crippen molar-refractivity contribution in [3.05, 3.63) is 47.5 Å². The molecule has 0 saturated heterocycles. The molecule has 0 atom stereocenters. The fourth-order valence-corrected chi connectivity index (χ4v) is 9.31. The van der Waals surface area contributed by atoms with Gasteiger partial charge in [-0.05, 0) is 61.8 Å². The standard InChI is InChI=1S/C26H39O3PS/c1-17(2)21-15-19(31(27,28)29)16-22(18(3)4)24(21)20-13-11-12-14-23(20)30(25(5,6)7)26(8,9)10/h11-18H,1-10H3,(H,27,28,29). The average molecular weight is 463 g/mol. The Morgan fingerprint density at radius 1 is 0.806 bits per heavy atom. The maximum Gasteiger partial charge on any atom is 0.294 e. The lowest BCUT2D eigenvalue weighted by Crippen LogP contribution is -2.32. The second kappa shape index (κ2) is 8.96. The molecule has 0 aromatic heterocycles. The van der Waals surface area contributed by atoms with Crippen molar-refractivity contribution in [3.8, 4) is 11.1 Å². The fraction of sp³-hybridized carbons (Fsp3) is 0.538. The summed E-state index contributed by atoms with van der Waals surface area (Å²) < 4.78 is 33.8. The fourth-order valence-electron chi connectivity index (χ4n) is 4.64. The molecule has 0 bridgehead atoms. The number of benzene rings is 2. The molecule has 31 heavy (non-hydrogen) atoms. The van der Waals surface area contributed by atoms with Crippen LogP contribution >= 0.6 is 7.92 Å². The van der Waals surface area contributed by atoms with Crippen LogP contribution in [0.25, 0.3) is 11.1 Å². The second-order valence-corrected chi connectivity index (χ2v) is 16.2. The molecule has 0 amide bonds. The molecule has 1 N–H and O–H groups in total. The van der Waals surface area contributed by atoms with Crippen molar-refractivity contribution in [1.29, 1.82) is 0 Å². The second-order valence-electron chi connectivity index (χ2n) is 11.0. The van der Waals surface area contributed by atoms with E-state index in [0.29, 0.717) is 0 Å². The molecule has 0 heterocycles. The zero-order valence-electron chi connectivity index (χ0n) is 20.7. The first-order chi connectivity index (χ1) is 14.0. The Bertz CT molecular complexity index is 996. The summed E-state index contributed by atoms with van der Waals surface area (Å²) in [4.78, 5) is -0.0185. The predicted octanol–water partition coefficient (Wildman–Crippen LogP) is 7.55. The third kappa shape index (κ3) is 5.78. The van der Waals surface area contributed by atoms with Crippen molar-refractivity contribution in [2.45, 2.75) is 96.3 Å². The summed E-state index contributed by atoms with van der Waals surface area (Å²) in [5.41, 5.74) is 4.23. The molecule has 2 rings (SSSR count). The van der Waals surface area contributed by atoms with E-state index < -0.39 is 18.0 Å². The zero-order valence-corrected chi connectivity index (χ0v) is 22.4. The summed E-state index contributed by atoms with van der Waals surface area (Å²) >= 11 is 0. The summed E-state index contributed by atoms with van der Waals surface area (Å²) in [7, 11) is -4.83. The summed E-state index contributed by atoms with van der Waals surface area (Å²) in [5.74, 6) is 0.218. The molecule has 2 aromatic rings. The molecule has 3 nitrogen and oxygen atoms in total. The lowest BCUT2D eigenvalue weighted by molar-refractivity contribution is 0.483. The van der Waals surface area contributed by atoms with Gasteiger partial charge in [-0.1, -0.05) is 101 Å². The minimum Gasteiger partial charge on any atom is -0.282 e. The third-order valence-electron chi connectivity index (χ3n) is 5.47. The third-order valence-corrected chi connectivity index (χ3v) is 9.86. The monoisotopic (exact) mass is 462 g/mol. The van der Waals surface area contributed by atoms with Crippen LogP contribution in [0.15, 0.2) is 41.3 Å². The van der Waals surface area contributed by atoms with E-state index in [1.165, 1.54) is 10.9 Å². The Morgan fingerprint density at radius 2 is 1.23 bits per heavy atom. The molecule has 2 aromatic carbocycles. The van der Waals surface area contributed by atoms with E-state index in [9.17, 15) is 13.0 Å². The van der Waals surface area contributed by atoms with Crippen LogP contribution in [0.1, 0.15) is 92.2 Å². The first kappa shape index (κ1) is 26.0. The van der Waals surface area contributed by atoms with Crippen LogP contribution in [0.5, 0.6) is 0 Å². The molecule has 0 aliphatic heterocycles. The van der Waals surface area contributed by atoms with Crippen LogP contribution in [0.2, 0.25) is 0 Å². The van der Waals surface area contributed by atoms with Gasteiger partial charge in [0, 0.05) is 0 Å². The van der Waals surface area contributed by atoms with E-state index in [-0.39, 0.29) is 27.0 Å². The van der Waals surface area contributed by atoms with Crippen molar-refractivity contribution in [2.75, 3.05) is 0 Å². The van der Waals surface area contributed by atoms with Crippen LogP contribution < -0.4 is 5.30 Å². The molecule has 0 aliphatic carbocycles. The van der Waals surface area contributed by atoms with Gasteiger partial charge >= 0.3 is 0 Å². The summed E-state index contributed by atoms with van der Waals surface area (Å²) in [5, 5.41) is 1.56. The molecule has 0 radical (unpaired) electrons. The molecule has 0 fully saturated rings. The van der Waals surface area contributed by atoms with Gasteiger partial charge in [0.05, 0.1) is 4.90 Å². The van der Waals surface area contributed by atoms with Gasteiger partial charge in [0.2, 0.25) is 0 Å². The van der Waals surface area contributed by atoms with Crippen molar-refractivity contribution in [3.63, 3.8) is 0 Å². The molecule has 0 unspecified atom stereocenters. The zero-order chi connectivity index (χ0) is 23.9. The highest BCUT2D eigenvalue weighted by Crippen LogP contribution is 2.59. The maximum atomic E-state index is 12.0. The Kier molecular flexibility index (Phi) is 7.53. The van der Waals surface area contributed by atoms with Crippen LogP contribution in [0.3, 0.4) is 0 Å². The largest absolute Gasteiger partial charge is 0.294 e. The van der Waals surface area contributed by atoms with E-state index in [4.69, 9.17) is 0 Å². The molecular formula is C26H39O3PS. The highest BCUT2D eigenvalue weighted by molar-refractivity contribution is 7.85. The van der Waals surface area contributed by atoms with E-state index >= 15 is 0 Å².